The average molecular weight is 354 g/mol. The monoisotopic (exact) mass is 354 g/mol. The van der Waals surface area contributed by atoms with Crippen molar-refractivity contribution in [3.63, 3.8) is 0 Å². The first-order valence-electron chi connectivity index (χ1n) is 9.51. The van der Waals surface area contributed by atoms with E-state index in [1.165, 1.54) is 6.42 Å². The summed E-state index contributed by atoms with van der Waals surface area (Å²) in [5, 5.41) is 0. The molecule has 2 fully saturated rings. The molecule has 0 aromatic carbocycles. The largest absolute Gasteiger partial charge is 0.343 e. The molecule has 2 aromatic heterocycles. The first-order chi connectivity index (χ1) is 12.7. The Morgan fingerprint density at radius 1 is 1.08 bits per heavy atom. The highest BCUT2D eigenvalue weighted by Gasteiger charge is 2.31. The van der Waals surface area contributed by atoms with Crippen LogP contribution in [0.2, 0.25) is 0 Å². The zero-order valence-corrected chi connectivity index (χ0v) is 15.3. The van der Waals surface area contributed by atoms with Crippen molar-refractivity contribution in [1.82, 2.24) is 29.3 Å². The summed E-state index contributed by atoms with van der Waals surface area (Å²) in [4.78, 5) is 29.5. The van der Waals surface area contributed by atoms with Gasteiger partial charge in [0.2, 0.25) is 5.91 Å². The van der Waals surface area contributed by atoms with Crippen molar-refractivity contribution in [2.24, 2.45) is 0 Å². The van der Waals surface area contributed by atoms with Crippen LogP contribution in [0.25, 0.3) is 5.82 Å². The third-order valence-corrected chi connectivity index (χ3v) is 5.72. The van der Waals surface area contributed by atoms with Gasteiger partial charge < -0.3 is 4.90 Å². The minimum Gasteiger partial charge on any atom is -0.343 e. The van der Waals surface area contributed by atoms with Gasteiger partial charge in [-0.1, -0.05) is 0 Å². The van der Waals surface area contributed by atoms with Gasteiger partial charge in [0, 0.05) is 63.3 Å². The molecular formula is C19H26N6O. The van der Waals surface area contributed by atoms with E-state index in [4.69, 9.17) is 0 Å². The third kappa shape index (κ3) is 3.49. The Morgan fingerprint density at radius 3 is 2.62 bits per heavy atom. The average Bonchev–Trinajstić information content (AvgIpc) is 3.23. The van der Waals surface area contributed by atoms with Crippen molar-refractivity contribution in [2.45, 2.75) is 44.6 Å². The summed E-state index contributed by atoms with van der Waals surface area (Å²) < 4.78 is 1.95. The van der Waals surface area contributed by atoms with Crippen LogP contribution in [0.4, 0.5) is 0 Å². The van der Waals surface area contributed by atoms with Gasteiger partial charge in [-0.3, -0.25) is 19.2 Å². The number of piperidine rings is 2. The predicted octanol–water partition coefficient (Wildman–Crippen LogP) is 1.85. The molecule has 0 saturated carbocycles. The number of carbonyl (C=O) groups is 1. The van der Waals surface area contributed by atoms with Gasteiger partial charge in [0.1, 0.15) is 6.33 Å². The molecule has 0 spiro atoms. The minimum atomic E-state index is 0.199. The number of nitrogens with zero attached hydrogens (tertiary/aromatic N) is 6. The number of hydrogen-bond donors (Lipinski definition) is 0. The molecule has 2 saturated heterocycles. The highest BCUT2D eigenvalue weighted by atomic mass is 16.2. The van der Waals surface area contributed by atoms with Crippen molar-refractivity contribution in [1.29, 1.82) is 0 Å². The maximum atomic E-state index is 11.6. The number of carbonyl (C=O) groups excluding carboxylic acids is 1. The Labute approximate surface area is 154 Å². The molecule has 2 aliphatic heterocycles. The number of amides is 1. The van der Waals surface area contributed by atoms with Crippen LogP contribution in [0, 0.1) is 0 Å². The fraction of sp³-hybridized carbons (Fsp3) is 0.579. The molecule has 1 amide bonds. The maximum Gasteiger partial charge on any atom is 0.219 e. The molecular weight excluding hydrogens is 328 g/mol. The van der Waals surface area contributed by atoms with E-state index in [-0.39, 0.29) is 5.91 Å². The van der Waals surface area contributed by atoms with Crippen LogP contribution in [0.3, 0.4) is 0 Å². The van der Waals surface area contributed by atoms with E-state index in [0.29, 0.717) is 12.0 Å². The SMILES string of the molecule is CC(=O)N1CCC(N2CCCC(c3nccnc3-n3ccnc3)C2)CC1. The standard InChI is InChI=1S/C19H26N6O/c1-15(26)23-10-4-17(5-11-23)24-9-2-3-16(13-24)18-19(22-7-6-21-18)25-12-8-20-14-25/h6-8,12,14,16-17H,2-5,9-11,13H2,1H3. The molecule has 7 heteroatoms. The van der Waals surface area contributed by atoms with Gasteiger partial charge in [-0.2, -0.15) is 0 Å². The summed E-state index contributed by atoms with van der Waals surface area (Å²) in [7, 11) is 0. The van der Waals surface area contributed by atoms with E-state index < -0.39 is 0 Å². The third-order valence-electron chi connectivity index (χ3n) is 5.72. The van der Waals surface area contributed by atoms with Crippen molar-refractivity contribution in [3.8, 4) is 5.82 Å². The highest BCUT2D eigenvalue weighted by molar-refractivity contribution is 5.73. The maximum absolute atomic E-state index is 11.6. The summed E-state index contributed by atoms with van der Waals surface area (Å²) in [5.74, 6) is 1.48. The van der Waals surface area contributed by atoms with Crippen molar-refractivity contribution >= 4 is 5.91 Å². The van der Waals surface area contributed by atoms with Crippen LogP contribution in [0.5, 0.6) is 0 Å². The van der Waals surface area contributed by atoms with Crippen LogP contribution in [0.1, 0.15) is 44.2 Å². The predicted molar refractivity (Wildman–Crippen MR) is 98.0 cm³/mol. The van der Waals surface area contributed by atoms with Crippen molar-refractivity contribution in [3.05, 3.63) is 36.8 Å². The van der Waals surface area contributed by atoms with Crippen molar-refractivity contribution in [2.75, 3.05) is 26.2 Å². The summed E-state index contributed by atoms with van der Waals surface area (Å²) in [5.41, 5.74) is 1.07. The van der Waals surface area contributed by atoms with Crippen LogP contribution >= 0.6 is 0 Å². The van der Waals surface area contributed by atoms with Crippen LogP contribution in [-0.2, 0) is 4.79 Å². The minimum absolute atomic E-state index is 0.199. The molecule has 2 aliphatic rings. The second-order valence-corrected chi connectivity index (χ2v) is 7.31. The molecule has 1 unspecified atom stereocenters. The Kier molecular flexibility index (Phi) is 4.97. The molecule has 0 N–H and O–H groups in total. The summed E-state index contributed by atoms with van der Waals surface area (Å²) in [6, 6.07) is 0.571. The van der Waals surface area contributed by atoms with E-state index in [2.05, 4.69) is 19.9 Å². The number of likely N-dealkylation sites (tertiary alicyclic amines) is 2. The highest BCUT2D eigenvalue weighted by Crippen LogP contribution is 2.31. The van der Waals surface area contributed by atoms with Crippen LogP contribution in [0.15, 0.2) is 31.1 Å². The zero-order valence-electron chi connectivity index (χ0n) is 15.3. The van der Waals surface area contributed by atoms with E-state index >= 15 is 0 Å². The summed E-state index contributed by atoms with van der Waals surface area (Å²) in [6.45, 7) is 5.59. The van der Waals surface area contributed by atoms with E-state index in [1.807, 2.05) is 15.7 Å². The van der Waals surface area contributed by atoms with E-state index in [1.54, 1.807) is 31.8 Å². The van der Waals surface area contributed by atoms with Crippen LogP contribution < -0.4 is 0 Å². The lowest BCUT2D eigenvalue weighted by Crippen LogP contribution is -2.49. The zero-order chi connectivity index (χ0) is 17.9. The number of imidazole rings is 1. The quantitative estimate of drug-likeness (QED) is 0.842. The molecule has 138 valence electrons. The molecule has 1 atom stereocenters. The van der Waals surface area contributed by atoms with Gasteiger partial charge in [0.05, 0.1) is 5.69 Å². The number of rotatable bonds is 3. The van der Waals surface area contributed by atoms with Crippen LogP contribution in [-0.4, -0.2) is 67.4 Å². The second-order valence-electron chi connectivity index (χ2n) is 7.31. The first-order valence-corrected chi connectivity index (χ1v) is 9.51. The fourth-order valence-electron chi connectivity index (χ4n) is 4.32. The van der Waals surface area contributed by atoms with Gasteiger partial charge in [0.25, 0.3) is 0 Å². The van der Waals surface area contributed by atoms with Gasteiger partial charge in [-0.25, -0.2) is 9.97 Å². The smallest absolute Gasteiger partial charge is 0.219 e. The Balaban J connectivity index is 1.47. The molecule has 0 aliphatic carbocycles. The lowest BCUT2D eigenvalue weighted by Gasteiger charge is -2.42. The van der Waals surface area contributed by atoms with Gasteiger partial charge >= 0.3 is 0 Å². The number of aromatic nitrogens is 4. The molecule has 0 bridgehead atoms. The lowest BCUT2D eigenvalue weighted by atomic mass is 9.91. The van der Waals surface area contributed by atoms with Gasteiger partial charge in [-0.05, 0) is 32.2 Å². The molecule has 7 nitrogen and oxygen atoms in total. The first kappa shape index (κ1) is 17.1. The lowest BCUT2D eigenvalue weighted by molar-refractivity contribution is -0.130. The Morgan fingerprint density at radius 2 is 1.88 bits per heavy atom. The summed E-state index contributed by atoms with van der Waals surface area (Å²) in [6.07, 6.45) is 13.5. The normalized spacial score (nSPS) is 22.5. The van der Waals surface area contributed by atoms with E-state index in [0.717, 1.165) is 57.0 Å². The second kappa shape index (κ2) is 7.53. The molecule has 0 radical (unpaired) electrons. The molecule has 4 rings (SSSR count). The Bertz CT molecular complexity index is 738. The van der Waals surface area contributed by atoms with Crippen molar-refractivity contribution < 1.29 is 4.79 Å². The molecule has 4 heterocycles. The summed E-state index contributed by atoms with van der Waals surface area (Å²) >= 11 is 0. The topological polar surface area (TPSA) is 67.2 Å². The molecule has 2 aromatic rings. The van der Waals surface area contributed by atoms with Gasteiger partial charge in [-0.15, -0.1) is 0 Å². The number of hydrogen-bond acceptors (Lipinski definition) is 5. The fourth-order valence-corrected chi connectivity index (χ4v) is 4.32. The molecule has 26 heavy (non-hydrogen) atoms. The van der Waals surface area contributed by atoms with E-state index in [9.17, 15) is 4.79 Å². The Hall–Kier alpha value is -2.28. The van der Waals surface area contributed by atoms with Gasteiger partial charge in [0.15, 0.2) is 5.82 Å².